The van der Waals surface area contributed by atoms with Gasteiger partial charge >= 0.3 is 5.97 Å². The van der Waals surface area contributed by atoms with Crippen LogP contribution >= 0.6 is 0 Å². The summed E-state index contributed by atoms with van der Waals surface area (Å²) in [6.07, 6.45) is 1.98. The molecule has 0 atom stereocenters. The van der Waals surface area contributed by atoms with Gasteiger partial charge in [0.05, 0.1) is 18.4 Å². The first-order chi connectivity index (χ1) is 14.5. The first-order valence-corrected chi connectivity index (χ1v) is 9.37. The van der Waals surface area contributed by atoms with E-state index in [1.54, 1.807) is 42.5 Å². The molecular formula is C24H20N2O4. The molecule has 150 valence electrons. The van der Waals surface area contributed by atoms with Crippen LogP contribution in [0.15, 0.2) is 79.0 Å². The van der Waals surface area contributed by atoms with Gasteiger partial charge in [0.1, 0.15) is 11.5 Å². The summed E-state index contributed by atoms with van der Waals surface area (Å²) >= 11 is 0. The number of hydrogen-bond donors (Lipinski definition) is 1. The zero-order valence-electron chi connectivity index (χ0n) is 16.6. The predicted molar refractivity (Wildman–Crippen MR) is 115 cm³/mol. The summed E-state index contributed by atoms with van der Waals surface area (Å²) in [5, 5.41) is 3.83. The lowest BCUT2D eigenvalue weighted by molar-refractivity contribution is 0.0602. The van der Waals surface area contributed by atoms with Gasteiger partial charge in [0.2, 0.25) is 0 Å². The standard InChI is InChI=1S/C24H20N2O4/c1-26-13-12-17-14-18(9-11-22(17)26)30-19-8-10-20(24(28)29-2)21(15-19)25-23(27)16-6-4-3-5-7-16/h3-15H,1-2H3,(H,25,27). The van der Waals surface area contributed by atoms with E-state index >= 15 is 0 Å². The maximum Gasteiger partial charge on any atom is 0.339 e. The molecule has 0 aliphatic rings. The van der Waals surface area contributed by atoms with Crippen LogP contribution < -0.4 is 10.1 Å². The number of anilines is 1. The van der Waals surface area contributed by atoms with Crippen molar-refractivity contribution in [3.8, 4) is 11.5 Å². The van der Waals surface area contributed by atoms with Crippen molar-refractivity contribution >= 4 is 28.5 Å². The van der Waals surface area contributed by atoms with E-state index in [4.69, 9.17) is 9.47 Å². The van der Waals surface area contributed by atoms with E-state index < -0.39 is 5.97 Å². The summed E-state index contributed by atoms with van der Waals surface area (Å²) < 4.78 is 12.8. The Morgan fingerprint density at radius 2 is 1.63 bits per heavy atom. The van der Waals surface area contributed by atoms with Crippen molar-refractivity contribution in [2.24, 2.45) is 7.05 Å². The quantitative estimate of drug-likeness (QED) is 0.478. The lowest BCUT2D eigenvalue weighted by atomic mass is 10.1. The molecule has 6 heteroatoms. The minimum absolute atomic E-state index is 0.243. The third-order valence-electron chi connectivity index (χ3n) is 4.77. The molecule has 0 spiro atoms. The molecule has 1 amide bonds. The summed E-state index contributed by atoms with van der Waals surface area (Å²) in [7, 11) is 3.28. The molecule has 0 fully saturated rings. The minimum Gasteiger partial charge on any atom is -0.465 e. The Morgan fingerprint density at radius 1 is 0.900 bits per heavy atom. The third kappa shape index (κ3) is 3.89. The molecule has 0 saturated carbocycles. The molecular weight excluding hydrogens is 380 g/mol. The lowest BCUT2D eigenvalue weighted by Crippen LogP contribution is -2.15. The Kier molecular flexibility index (Phi) is 5.22. The van der Waals surface area contributed by atoms with Crippen molar-refractivity contribution in [2.45, 2.75) is 0 Å². The molecule has 4 aromatic rings. The van der Waals surface area contributed by atoms with Crippen molar-refractivity contribution < 1.29 is 19.1 Å². The number of fused-ring (bicyclic) bond motifs is 1. The smallest absolute Gasteiger partial charge is 0.339 e. The molecule has 0 saturated heterocycles. The van der Waals surface area contributed by atoms with E-state index in [0.717, 1.165) is 10.9 Å². The van der Waals surface area contributed by atoms with Crippen molar-refractivity contribution in [2.75, 3.05) is 12.4 Å². The van der Waals surface area contributed by atoms with Crippen LogP contribution in [-0.4, -0.2) is 23.6 Å². The van der Waals surface area contributed by atoms with Crippen LogP contribution in [0.25, 0.3) is 10.9 Å². The molecule has 4 rings (SSSR count). The number of methoxy groups -OCH3 is 1. The van der Waals surface area contributed by atoms with E-state index in [9.17, 15) is 9.59 Å². The average Bonchev–Trinajstić information content (AvgIpc) is 3.14. The van der Waals surface area contributed by atoms with Crippen LogP contribution in [0.1, 0.15) is 20.7 Å². The van der Waals surface area contributed by atoms with Crippen LogP contribution in [0.3, 0.4) is 0 Å². The molecule has 0 radical (unpaired) electrons. The number of nitrogens with one attached hydrogen (secondary N) is 1. The van der Waals surface area contributed by atoms with E-state index in [1.165, 1.54) is 7.11 Å². The van der Waals surface area contributed by atoms with Crippen LogP contribution in [0, 0.1) is 0 Å². The van der Waals surface area contributed by atoms with Gasteiger partial charge in [-0.25, -0.2) is 4.79 Å². The van der Waals surface area contributed by atoms with Crippen LogP contribution in [0.2, 0.25) is 0 Å². The fraction of sp³-hybridized carbons (Fsp3) is 0.0833. The van der Waals surface area contributed by atoms with Gasteiger partial charge in [-0.05, 0) is 48.5 Å². The molecule has 1 aromatic heterocycles. The molecule has 1 N–H and O–H groups in total. The number of esters is 1. The van der Waals surface area contributed by atoms with Gasteiger partial charge in [-0.2, -0.15) is 0 Å². The number of aromatic nitrogens is 1. The van der Waals surface area contributed by atoms with Crippen LogP contribution in [0.5, 0.6) is 11.5 Å². The number of benzene rings is 3. The van der Waals surface area contributed by atoms with E-state index in [-0.39, 0.29) is 11.5 Å². The van der Waals surface area contributed by atoms with Crippen molar-refractivity contribution in [1.82, 2.24) is 4.57 Å². The number of hydrogen-bond acceptors (Lipinski definition) is 4. The highest BCUT2D eigenvalue weighted by molar-refractivity contribution is 6.08. The fourth-order valence-corrected chi connectivity index (χ4v) is 3.22. The maximum atomic E-state index is 12.6. The van der Waals surface area contributed by atoms with Gasteiger partial charge < -0.3 is 19.4 Å². The second-order valence-corrected chi connectivity index (χ2v) is 6.77. The summed E-state index contributed by atoms with van der Waals surface area (Å²) in [5.41, 5.74) is 2.13. The molecule has 0 bridgehead atoms. The number of carbonyl (C=O) groups excluding carboxylic acids is 2. The second kappa shape index (κ2) is 8.13. The first-order valence-electron chi connectivity index (χ1n) is 9.37. The highest BCUT2D eigenvalue weighted by atomic mass is 16.5. The summed E-state index contributed by atoms with van der Waals surface area (Å²) in [4.78, 5) is 24.7. The van der Waals surface area contributed by atoms with Gasteiger partial charge in [0.15, 0.2) is 0 Å². The van der Waals surface area contributed by atoms with Crippen molar-refractivity contribution in [3.05, 3.63) is 90.1 Å². The molecule has 0 unspecified atom stereocenters. The Morgan fingerprint density at radius 3 is 2.40 bits per heavy atom. The Labute approximate surface area is 173 Å². The summed E-state index contributed by atoms with van der Waals surface area (Å²) in [6, 6.07) is 21.4. The molecule has 6 nitrogen and oxygen atoms in total. The number of carbonyl (C=O) groups is 2. The monoisotopic (exact) mass is 400 g/mol. The van der Waals surface area contributed by atoms with Gasteiger partial charge in [0.25, 0.3) is 5.91 Å². The van der Waals surface area contributed by atoms with Crippen LogP contribution in [0.4, 0.5) is 5.69 Å². The zero-order valence-corrected chi connectivity index (χ0v) is 16.6. The highest BCUT2D eigenvalue weighted by Crippen LogP contribution is 2.30. The molecule has 0 aliphatic carbocycles. The third-order valence-corrected chi connectivity index (χ3v) is 4.77. The average molecular weight is 400 g/mol. The highest BCUT2D eigenvalue weighted by Gasteiger charge is 2.16. The van der Waals surface area contributed by atoms with Gasteiger partial charge in [-0.3, -0.25) is 4.79 Å². The molecule has 0 aliphatic heterocycles. The number of nitrogens with zero attached hydrogens (tertiary/aromatic N) is 1. The minimum atomic E-state index is -0.546. The number of amides is 1. The number of aryl methyl sites for hydroxylation is 1. The van der Waals surface area contributed by atoms with E-state index in [2.05, 4.69) is 5.32 Å². The maximum absolute atomic E-state index is 12.6. The Hall–Kier alpha value is -4.06. The van der Waals surface area contributed by atoms with Crippen molar-refractivity contribution in [1.29, 1.82) is 0 Å². The molecule has 3 aromatic carbocycles. The fourth-order valence-electron chi connectivity index (χ4n) is 3.22. The second-order valence-electron chi connectivity index (χ2n) is 6.77. The topological polar surface area (TPSA) is 69.6 Å². The predicted octanol–water partition coefficient (Wildman–Crippen LogP) is 5.01. The van der Waals surface area contributed by atoms with E-state index in [0.29, 0.717) is 22.7 Å². The van der Waals surface area contributed by atoms with Crippen LogP contribution in [-0.2, 0) is 11.8 Å². The Bertz CT molecular complexity index is 1230. The normalized spacial score (nSPS) is 10.6. The molecule has 1 heterocycles. The summed E-state index contributed by atoms with van der Waals surface area (Å²) in [6.45, 7) is 0. The number of ether oxygens (including phenoxy) is 2. The lowest BCUT2D eigenvalue weighted by Gasteiger charge is -2.13. The number of rotatable bonds is 5. The zero-order chi connectivity index (χ0) is 21.1. The Balaban J connectivity index is 1.64. The summed E-state index contributed by atoms with van der Waals surface area (Å²) in [5.74, 6) is 0.264. The van der Waals surface area contributed by atoms with E-state index in [1.807, 2.05) is 48.1 Å². The van der Waals surface area contributed by atoms with Gasteiger partial charge in [-0.15, -0.1) is 0 Å². The SMILES string of the molecule is COC(=O)c1ccc(Oc2ccc3c(ccn3C)c2)cc1NC(=O)c1ccccc1. The first kappa shape index (κ1) is 19.3. The molecule has 30 heavy (non-hydrogen) atoms. The van der Waals surface area contributed by atoms with Gasteiger partial charge in [0, 0.05) is 35.8 Å². The van der Waals surface area contributed by atoms with Crippen molar-refractivity contribution in [3.63, 3.8) is 0 Å². The van der Waals surface area contributed by atoms with Gasteiger partial charge in [-0.1, -0.05) is 18.2 Å². The largest absolute Gasteiger partial charge is 0.465 e.